The van der Waals surface area contributed by atoms with E-state index in [9.17, 15) is 5.11 Å². The highest BCUT2D eigenvalue weighted by Crippen LogP contribution is 2.31. The first-order chi connectivity index (χ1) is 6.45. The molecule has 0 fully saturated rings. The van der Waals surface area contributed by atoms with Crippen molar-refractivity contribution in [3.63, 3.8) is 0 Å². The number of aliphatic hydroxyl groups excluding tert-OH is 1. The van der Waals surface area contributed by atoms with Crippen molar-refractivity contribution in [3.8, 4) is 0 Å². The molecule has 0 aliphatic carbocycles. The number of rotatable bonds is 3. The molecule has 0 aliphatic rings. The Kier molecular flexibility index (Phi) is 3.32. The normalized spacial score (nSPS) is 14.4. The van der Waals surface area contributed by atoms with Gasteiger partial charge in [0, 0.05) is 6.42 Å². The third-order valence-electron chi connectivity index (χ3n) is 2.25. The Balaban J connectivity index is 2.76. The van der Waals surface area contributed by atoms with Gasteiger partial charge < -0.3 is 10.1 Å². The number of nitrogens with zero attached hydrogens (tertiary/aromatic N) is 1. The number of hydrogen-bond donors (Lipinski definition) is 2. The first kappa shape index (κ1) is 11.2. The predicted octanol–water partition coefficient (Wildman–Crippen LogP) is 2.44. The summed E-state index contributed by atoms with van der Waals surface area (Å²) in [5.74, 6) is 0.964. The fourth-order valence-electron chi connectivity index (χ4n) is 1.35. The number of nitrogens with one attached hydrogen (secondary N) is 1. The van der Waals surface area contributed by atoms with Gasteiger partial charge in [-0.05, 0) is 11.8 Å². The minimum Gasteiger partial charge on any atom is -0.386 e. The largest absolute Gasteiger partial charge is 0.386 e. The third kappa shape index (κ3) is 2.58. The molecule has 3 heteroatoms. The average Bonchev–Trinajstić information content (AvgIpc) is 2.50. The Morgan fingerprint density at radius 2 is 2.14 bits per heavy atom. The molecule has 0 saturated heterocycles. The van der Waals surface area contributed by atoms with Crippen LogP contribution in [0.2, 0.25) is 0 Å². The molecule has 1 unspecified atom stereocenters. The van der Waals surface area contributed by atoms with Gasteiger partial charge >= 0.3 is 0 Å². The molecular weight excluding hydrogens is 176 g/mol. The smallest absolute Gasteiger partial charge is 0.106 e. The zero-order valence-electron chi connectivity index (χ0n) is 9.46. The molecule has 0 aromatic carbocycles. The number of H-pyrrole nitrogens is 1. The molecule has 80 valence electrons. The third-order valence-corrected chi connectivity index (χ3v) is 2.25. The number of aromatic amines is 1. The van der Waals surface area contributed by atoms with E-state index in [2.05, 4.69) is 16.9 Å². The molecule has 0 spiro atoms. The Labute approximate surface area is 85.6 Å². The van der Waals surface area contributed by atoms with Gasteiger partial charge in [0.2, 0.25) is 0 Å². The maximum absolute atomic E-state index is 9.97. The fourth-order valence-corrected chi connectivity index (χ4v) is 1.35. The fraction of sp³-hybridized carbons (Fsp3) is 0.727. The second-order valence-corrected chi connectivity index (χ2v) is 4.80. The summed E-state index contributed by atoms with van der Waals surface area (Å²) in [7, 11) is 0. The van der Waals surface area contributed by atoms with Crippen molar-refractivity contribution in [2.75, 3.05) is 0 Å². The van der Waals surface area contributed by atoms with Gasteiger partial charge in [0.15, 0.2) is 0 Å². The second kappa shape index (κ2) is 4.13. The average molecular weight is 196 g/mol. The number of aliphatic hydroxyl groups is 1. The van der Waals surface area contributed by atoms with Gasteiger partial charge in [0.05, 0.1) is 11.9 Å². The molecule has 0 saturated carbocycles. The lowest BCUT2D eigenvalue weighted by Crippen LogP contribution is -2.18. The van der Waals surface area contributed by atoms with Crippen molar-refractivity contribution in [2.45, 2.75) is 46.6 Å². The number of aromatic nitrogens is 2. The first-order valence-electron chi connectivity index (χ1n) is 5.17. The molecule has 0 radical (unpaired) electrons. The van der Waals surface area contributed by atoms with E-state index in [1.54, 1.807) is 6.20 Å². The minimum absolute atomic E-state index is 0.143. The molecule has 1 rings (SSSR count). The topological polar surface area (TPSA) is 48.9 Å². The molecule has 1 aromatic heterocycles. The maximum atomic E-state index is 9.97. The first-order valence-corrected chi connectivity index (χ1v) is 5.17. The van der Waals surface area contributed by atoms with Gasteiger partial charge in [-0.25, -0.2) is 4.98 Å². The summed E-state index contributed by atoms with van der Waals surface area (Å²) in [4.78, 5) is 7.38. The van der Waals surface area contributed by atoms with Gasteiger partial charge in [-0.3, -0.25) is 0 Å². The molecule has 0 amide bonds. The summed E-state index contributed by atoms with van der Waals surface area (Å²) in [5.41, 5.74) is 0.677. The highest BCUT2D eigenvalue weighted by atomic mass is 16.3. The molecule has 14 heavy (non-hydrogen) atoms. The number of aryl methyl sites for hydroxylation is 1. The van der Waals surface area contributed by atoms with Gasteiger partial charge in [0.1, 0.15) is 11.9 Å². The van der Waals surface area contributed by atoms with Crippen molar-refractivity contribution < 1.29 is 5.11 Å². The van der Waals surface area contributed by atoms with E-state index in [1.807, 2.05) is 20.8 Å². The van der Waals surface area contributed by atoms with Gasteiger partial charge in [-0.2, -0.15) is 0 Å². The minimum atomic E-state index is -0.472. The lowest BCUT2D eigenvalue weighted by atomic mass is 9.87. The monoisotopic (exact) mass is 196 g/mol. The lowest BCUT2D eigenvalue weighted by Gasteiger charge is -2.24. The van der Waals surface area contributed by atoms with Crippen LogP contribution in [0.25, 0.3) is 0 Å². The van der Waals surface area contributed by atoms with Crippen LogP contribution in [-0.4, -0.2) is 15.1 Å². The van der Waals surface area contributed by atoms with E-state index in [0.29, 0.717) is 0 Å². The Bertz CT molecular complexity index is 286. The van der Waals surface area contributed by atoms with Crippen molar-refractivity contribution in [2.24, 2.45) is 5.41 Å². The van der Waals surface area contributed by atoms with Crippen molar-refractivity contribution in [3.05, 3.63) is 17.7 Å². The molecule has 1 heterocycles. The molecule has 0 aliphatic heterocycles. The molecule has 1 atom stereocenters. The van der Waals surface area contributed by atoms with E-state index >= 15 is 0 Å². The van der Waals surface area contributed by atoms with Crippen LogP contribution < -0.4 is 0 Å². The van der Waals surface area contributed by atoms with Crippen molar-refractivity contribution in [1.82, 2.24) is 9.97 Å². The zero-order valence-corrected chi connectivity index (χ0v) is 9.46. The molecule has 0 bridgehead atoms. The molecule has 2 N–H and O–H groups in total. The summed E-state index contributed by atoms with van der Waals surface area (Å²) in [5, 5.41) is 9.97. The van der Waals surface area contributed by atoms with E-state index in [0.717, 1.165) is 24.4 Å². The van der Waals surface area contributed by atoms with Crippen molar-refractivity contribution >= 4 is 0 Å². The van der Waals surface area contributed by atoms with Gasteiger partial charge in [-0.1, -0.05) is 27.7 Å². The zero-order chi connectivity index (χ0) is 10.8. The summed E-state index contributed by atoms with van der Waals surface area (Å²) in [6.07, 6.45) is 3.27. The Morgan fingerprint density at radius 1 is 1.50 bits per heavy atom. The Hall–Kier alpha value is -0.830. The SMILES string of the molecule is CCCc1ncc(C(O)C(C)(C)C)[nH]1. The van der Waals surface area contributed by atoms with E-state index < -0.39 is 6.10 Å². The van der Waals surface area contributed by atoms with E-state index in [4.69, 9.17) is 0 Å². The van der Waals surface area contributed by atoms with E-state index in [-0.39, 0.29) is 5.41 Å². The van der Waals surface area contributed by atoms with Crippen LogP contribution in [0.15, 0.2) is 6.20 Å². The van der Waals surface area contributed by atoms with Gasteiger partial charge in [-0.15, -0.1) is 0 Å². The van der Waals surface area contributed by atoms with Crippen LogP contribution in [-0.2, 0) is 6.42 Å². The van der Waals surface area contributed by atoms with E-state index in [1.165, 1.54) is 0 Å². The summed E-state index contributed by atoms with van der Waals surface area (Å²) in [6.45, 7) is 8.15. The predicted molar refractivity (Wildman–Crippen MR) is 57.0 cm³/mol. The van der Waals surface area contributed by atoms with Crippen LogP contribution in [0.3, 0.4) is 0 Å². The summed E-state index contributed by atoms with van der Waals surface area (Å²) >= 11 is 0. The second-order valence-electron chi connectivity index (χ2n) is 4.80. The summed E-state index contributed by atoms with van der Waals surface area (Å²) < 4.78 is 0. The molecular formula is C11H20N2O. The van der Waals surface area contributed by atoms with Crippen LogP contribution in [0.5, 0.6) is 0 Å². The number of imidazole rings is 1. The highest BCUT2D eigenvalue weighted by Gasteiger charge is 2.25. The number of hydrogen-bond acceptors (Lipinski definition) is 2. The van der Waals surface area contributed by atoms with Crippen LogP contribution >= 0.6 is 0 Å². The maximum Gasteiger partial charge on any atom is 0.106 e. The summed E-state index contributed by atoms with van der Waals surface area (Å²) in [6, 6.07) is 0. The quantitative estimate of drug-likeness (QED) is 0.780. The van der Waals surface area contributed by atoms with Crippen LogP contribution in [0, 0.1) is 5.41 Å². The standard InChI is InChI=1S/C11H20N2O/c1-5-6-9-12-7-8(13-9)10(14)11(2,3)4/h7,10,14H,5-6H2,1-4H3,(H,12,13). The lowest BCUT2D eigenvalue weighted by molar-refractivity contribution is 0.0592. The van der Waals surface area contributed by atoms with Gasteiger partial charge in [0.25, 0.3) is 0 Å². The Morgan fingerprint density at radius 3 is 2.64 bits per heavy atom. The molecule has 1 aromatic rings. The molecule has 3 nitrogen and oxygen atoms in total. The van der Waals surface area contributed by atoms with Crippen LogP contribution in [0.1, 0.15) is 51.7 Å². The van der Waals surface area contributed by atoms with Crippen molar-refractivity contribution in [1.29, 1.82) is 0 Å². The highest BCUT2D eigenvalue weighted by molar-refractivity contribution is 5.07. The van der Waals surface area contributed by atoms with Crippen LogP contribution in [0.4, 0.5) is 0 Å².